The lowest BCUT2D eigenvalue weighted by atomic mass is 9.77. The monoisotopic (exact) mass is 446 g/mol. The Morgan fingerprint density at radius 2 is 1.79 bits per heavy atom. The molecule has 1 amide bonds. The number of alkyl halides is 1. The number of aromatic amines is 1. The van der Waals surface area contributed by atoms with Gasteiger partial charge in [-0.3, -0.25) is 9.89 Å². The molecule has 2 aromatic carbocycles. The second-order valence-corrected chi connectivity index (χ2v) is 9.75. The Morgan fingerprint density at radius 1 is 1.09 bits per heavy atom. The zero-order valence-electron chi connectivity index (χ0n) is 19.6. The van der Waals surface area contributed by atoms with Crippen LogP contribution in [0.1, 0.15) is 76.5 Å². The normalized spacial score (nSPS) is 18.2. The molecule has 1 saturated heterocycles. The van der Waals surface area contributed by atoms with Crippen molar-refractivity contribution in [3.8, 4) is 11.4 Å². The van der Waals surface area contributed by atoms with Gasteiger partial charge in [0.25, 0.3) is 5.91 Å². The standard InChI is InChI=1S/C27H31FN4O/c1-17-7-9-21(10-8-17)27(28)11-13-32(14-12-27)26(33)22-16-24(25-29-19(3)30-31-25)23(15-18(22)2)20-5-4-6-20/h7-10,15-16,20H,4-6,11-14H2,1-3H3,(H,29,30,31). The molecule has 1 aliphatic carbocycles. The maximum Gasteiger partial charge on any atom is 0.254 e. The lowest BCUT2D eigenvalue weighted by Gasteiger charge is -2.37. The largest absolute Gasteiger partial charge is 0.338 e. The first-order chi connectivity index (χ1) is 15.8. The minimum absolute atomic E-state index is 0.0351. The molecule has 1 aromatic heterocycles. The number of carbonyl (C=O) groups excluding carboxylic acids is 1. The lowest BCUT2D eigenvalue weighted by Crippen LogP contribution is -2.43. The van der Waals surface area contributed by atoms with E-state index in [9.17, 15) is 4.79 Å². The number of piperidine rings is 1. The summed E-state index contributed by atoms with van der Waals surface area (Å²) in [6, 6.07) is 11.8. The van der Waals surface area contributed by atoms with Crippen LogP contribution < -0.4 is 0 Å². The molecule has 1 saturated carbocycles. The van der Waals surface area contributed by atoms with Gasteiger partial charge in [-0.15, -0.1) is 0 Å². The average Bonchev–Trinajstić information content (AvgIpc) is 3.19. The Labute approximate surface area is 194 Å². The molecule has 0 unspecified atom stereocenters. The van der Waals surface area contributed by atoms with E-state index in [0.29, 0.717) is 48.8 Å². The first-order valence-corrected chi connectivity index (χ1v) is 11.9. The third kappa shape index (κ3) is 4.07. The molecule has 5 rings (SSSR count). The third-order valence-corrected chi connectivity index (χ3v) is 7.42. The fourth-order valence-corrected chi connectivity index (χ4v) is 5.05. The number of carbonyl (C=O) groups is 1. The van der Waals surface area contributed by atoms with Gasteiger partial charge in [-0.25, -0.2) is 9.37 Å². The number of nitrogens with zero attached hydrogens (tertiary/aromatic N) is 3. The first-order valence-electron chi connectivity index (χ1n) is 11.9. The van der Waals surface area contributed by atoms with Gasteiger partial charge in [-0.1, -0.05) is 42.3 Å². The van der Waals surface area contributed by atoms with Gasteiger partial charge in [0.15, 0.2) is 5.82 Å². The van der Waals surface area contributed by atoms with E-state index in [1.165, 1.54) is 12.0 Å². The Bertz CT molecular complexity index is 1170. The summed E-state index contributed by atoms with van der Waals surface area (Å²) >= 11 is 0. The first kappa shape index (κ1) is 21.8. The van der Waals surface area contributed by atoms with Crippen molar-refractivity contribution in [2.75, 3.05) is 13.1 Å². The number of hydrogen-bond acceptors (Lipinski definition) is 3. The van der Waals surface area contributed by atoms with Gasteiger partial charge in [0.05, 0.1) is 0 Å². The number of aryl methyl sites for hydroxylation is 3. The highest BCUT2D eigenvalue weighted by molar-refractivity contribution is 5.97. The van der Waals surface area contributed by atoms with E-state index in [0.717, 1.165) is 35.4 Å². The molecule has 3 aromatic rings. The fraction of sp³-hybridized carbons (Fsp3) is 0.444. The van der Waals surface area contributed by atoms with Crippen LogP contribution >= 0.6 is 0 Å². The highest BCUT2D eigenvalue weighted by atomic mass is 19.1. The van der Waals surface area contributed by atoms with Gasteiger partial charge >= 0.3 is 0 Å². The maximum absolute atomic E-state index is 15.7. The molecule has 1 aliphatic heterocycles. The predicted octanol–water partition coefficient (Wildman–Crippen LogP) is 5.77. The number of nitrogens with one attached hydrogen (secondary N) is 1. The Hall–Kier alpha value is -3.02. The summed E-state index contributed by atoms with van der Waals surface area (Å²) in [6.07, 6.45) is 4.18. The van der Waals surface area contributed by atoms with Crippen LogP contribution in [0.5, 0.6) is 0 Å². The molecule has 2 heterocycles. The van der Waals surface area contributed by atoms with Gasteiger partial charge in [0, 0.05) is 37.1 Å². The number of halogens is 1. The minimum atomic E-state index is -1.38. The van der Waals surface area contributed by atoms with Crippen LogP contribution in [0.3, 0.4) is 0 Å². The summed E-state index contributed by atoms with van der Waals surface area (Å²) in [5.74, 6) is 1.86. The molecular formula is C27H31FN4O. The van der Waals surface area contributed by atoms with Crippen molar-refractivity contribution in [3.63, 3.8) is 0 Å². The quantitative estimate of drug-likeness (QED) is 0.554. The zero-order valence-corrected chi connectivity index (χ0v) is 19.6. The Kier molecular flexibility index (Phi) is 5.55. The molecule has 6 heteroatoms. The topological polar surface area (TPSA) is 61.9 Å². The summed E-state index contributed by atoms with van der Waals surface area (Å²) in [7, 11) is 0. The molecule has 2 fully saturated rings. The molecule has 0 bridgehead atoms. The molecule has 33 heavy (non-hydrogen) atoms. The van der Waals surface area contributed by atoms with Gasteiger partial charge in [-0.2, -0.15) is 5.10 Å². The number of benzene rings is 2. The molecular weight excluding hydrogens is 415 g/mol. The highest BCUT2D eigenvalue weighted by Gasteiger charge is 2.38. The Balaban J connectivity index is 1.40. The van der Waals surface area contributed by atoms with Crippen molar-refractivity contribution >= 4 is 5.91 Å². The van der Waals surface area contributed by atoms with E-state index in [1.807, 2.05) is 51.1 Å². The third-order valence-electron chi connectivity index (χ3n) is 7.42. The van der Waals surface area contributed by atoms with Crippen molar-refractivity contribution in [3.05, 3.63) is 70.0 Å². The molecule has 172 valence electrons. The van der Waals surface area contributed by atoms with Crippen LogP contribution in [0, 0.1) is 20.8 Å². The van der Waals surface area contributed by atoms with E-state index in [4.69, 9.17) is 0 Å². The molecule has 5 nitrogen and oxygen atoms in total. The van der Waals surface area contributed by atoms with E-state index < -0.39 is 5.67 Å². The number of hydrogen-bond donors (Lipinski definition) is 1. The molecule has 0 radical (unpaired) electrons. The number of aromatic nitrogens is 3. The average molecular weight is 447 g/mol. The Morgan fingerprint density at radius 3 is 2.36 bits per heavy atom. The summed E-state index contributed by atoms with van der Waals surface area (Å²) in [4.78, 5) is 19.9. The van der Waals surface area contributed by atoms with Gasteiger partial charge < -0.3 is 4.90 Å². The van der Waals surface area contributed by atoms with Crippen LogP contribution in [0.2, 0.25) is 0 Å². The van der Waals surface area contributed by atoms with Crippen LogP contribution in [-0.4, -0.2) is 39.1 Å². The molecule has 1 N–H and O–H groups in total. The summed E-state index contributed by atoms with van der Waals surface area (Å²) in [6.45, 7) is 6.69. The lowest BCUT2D eigenvalue weighted by molar-refractivity contribution is 0.0421. The molecule has 2 aliphatic rings. The second kappa shape index (κ2) is 8.40. The summed E-state index contributed by atoms with van der Waals surface area (Å²) < 4.78 is 15.7. The predicted molar refractivity (Wildman–Crippen MR) is 127 cm³/mol. The van der Waals surface area contributed by atoms with Crippen molar-refractivity contribution in [1.82, 2.24) is 20.1 Å². The van der Waals surface area contributed by atoms with Crippen molar-refractivity contribution in [2.45, 2.75) is 64.5 Å². The van der Waals surface area contributed by atoms with E-state index in [1.54, 1.807) is 4.90 Å². The van der Waals surface area contributed by atoms with Gasteiger partial charge in [0.1, 0.15) is 11.5 Å². The van der Waals surface area contributed by atoms with Crippen LogP contribution in [0.15, 0.2) is 36.4 Å². The van der Waals surface area contributed by atoms with Crippen LogP contribution in [0.4, 0.5) is 4.39 Å². The van der Waals surface area contributed by atoms with Crippen LogP contribution in [0.25, 0.3) is 11.4 Å². The van der Waals surface area contributed by atoms with Crippen LogP contribution in [-0.2, 0) is 5.67 Å². The maximum atomic E-state index is 15.7. The minimum Gasteiger partial charge on any atom is -0.338 e. The number of likely N-dealkylation sites (tertiary alicyclic amines) is 1. The van der Waals surface area contributed by atoms with Crippen molar-refractivity contribution in [1.29, 1.82) is 0 Å². The highest BCUT2D eigenvalue weighted by Crippen LogP contribution is 2.42. The van der Waals surface area contributed by atoms with E-state index in [2.05, 4.69) is 21.2 Å². The van der Waals surface area contributed by atoms with E-state index in [-0.39, 0.29) is 5.91 Å². The van der Waals surface area contributed by atoms with Gasteiger partial charge in [-0.05, 0) is 62.3 Å². The molecule has 0 atom stereocenters. The number of rotatable bonds is 4. The number of amides is 1. The zero-order chi connectivity index (χ0) is 23.2. The van der Waals surface area contributed by atoms with Crippen molar-refractivity contribution in [2.24, 2.45) is 0 Å². The van der Waals surface area contributed by atoms with E-state index >= 15 is 4.39 Å². The van der Waals surface area contributed by atoms with Gasteiger partial charge in [0.2, 0.25) is 0 Å². The molecule has 0 spiro atoms. The summed E-state index contributed by atoms with van der Waals surface area (Å²) in [5.41, 5.74) is 4.25. The fourth-order valence-electron chi connectivity index (χ4n) is 5.05. The summed E-state index contributed by atoms with van der Waals surface area (Å²) in [5, 5.41) is 7.30. The second-order valence-electron chi connectivity index (χ2n) is 9.75. The SMILES string of the molecule is Cc1ccc(C2(F)CCN(C(=O)c3cc(-c4n[nH]c(C)n4)c(C4CCC4)cc3C)CC2)cc1. The number of H-pyrrole nitrogens is 1. The smallest absolute Gasteiger partial charge is 0.254 e. The van der Waals surface area contributed by atoms with Crippen molar-refractivity contribution < 1.29 is 9.18 Å².